The lowest BCUT2D eigenvalue weighted by molar-refractivity contribution is 0.950. The fraction of sp³-hybridized carbons (Fsp3) is 0.0357. The third-order valence-electron chi connectivity index (χ3n) is 12.5. The highest BCUT2D eigenvalue weighted by Gasteiger charge is 2.24. The van der Waals surface area contributed by atoms with Gasteiger partial charge in [-0.15, -0.1) is 0 Å². The Hall–Kier alpha value is -7.42. The van der Waals surface area contributed by atoms with Crippen LogP contribution >= 0.6 is 0 Å². The number of fused-ring (bicyclic) bond motifs is 10. The molecule has 1 aliphatic rings. The number of aromatic nitrogens is 2. The predicted molar refractivity (Wildman–Crippen MR) is 245 cm³/mol. The number of nitrogens with one attached hydrogen (secondary N) is 1. The Morgan fingerprint density at radius 1 is 0.345 bits per heavy atom. The van der Waals surface area contributed by atoms with Crippen LogP contribution in [0.1, 0.15) is 11.1 Å². The van der Waals surface area contributed by atoms with Crippen LogP contribution in [0.4, 0.5) is 0 Å². The molecule has 0 spiro atoms. The molecule has 0 bridgehead atoms. The van der Waals surface area contributed by atoms with E-state index < -0.39 is 0 Å². The molecular weight excluding hydrogens is 701 g/mol. The maximum atomic E-state index is 3.89. The zero-order valence-electron chi connectivity index (χ0n) is 31.9. The molecule has 2 aromatic heterocycles. The van der Waals surface area contributed by atoms with E-state index in [9.17, 15) is 0 Å². The van der Waals surface area contributed by atoms with Gasteiger partial charge in [-0.05, 0) is 128 Å². The maximum Gasteiger partial charge on any atom is 0.0547 e. The Kier molecular flexibility index (Phi) is 7.39. The van der Waals surface area contributed by atoms with Crippen LogP contribution in [-0.2, 0) is 12.8 Å². The fourth-order valence-electron chi connectivity index (χ4n) is 9.76. The lowest BCUT2D eigenvalue weighted by Crippen LogP contribution is -2.05. The van der Waals surface area contributed by atoms with Gasteiger partial charge in [0.15, 0.2) is 0 Å². The molecule has 0 radical (unpaired) electrons. The molecule has 0 aliphatic heterocycles. The second-order valence-electron chi connectivity index (χ2n) is 15.7. The molecule has 0 amide bonds. The highest BCUT2D eigenvalue weighted by Crippen LogP contribution is 2.45. The van der Waals surface area contributed by atoms with Crippen LogP contribution < -0.4 is 0 Å². The number of H-pyrrole nitrogens is 1. The van der Waals surface area contributed by atoms with Gasteiger partial charge in [0.2, 0.25) is 0 Å². The van der Waals surface area contributed by atoms with E-state index in [1.54, 1.807) is 0 Å². The Balaban J connectivity index is 1.02. The van der Waals surface area contributed by atoms with Gasteiger partial charge in [0.1, 0.15) is 0 Å². The van der Waals surface area contributed by atoms with Crippen LogP contribution in [-0.4, -0.2) is 9.55 Å². The van der Waals surface area contributed by atoms with E-state index in [2.05, 4.69) is 210 Å². The average molecular weight is 739 g/mol. The van der Waals surface area contributed by atoms with Crippen LogP contribution in [0, 0.1) is 0 Å². The van der Waals surface area contributed by atoms with Gasteiger partial charge < -0.3 is 9.55 Å². The van der Waals surface area contributed by atoms with Crippen molar-refractivity contribution in [2.45, 2.75) is 12.8 Å². The number of nitrogens with zero attached hydrogens (tertiary/aromatic N) is 1. The van der Waals surface area contributed by atoms with Crippen molar-refractivity contribution >= 4 is 43.6 Å². The summed E-state index contributed by atoms with van der Waals surface area (Å²) < 4.78 is 2.46. The van der Waals surface area contributed by atoms with Crippen molar-refractivity contribution in [3.05, 3.63) is 211 Å². The van der Waals surface area contributed by atoms with Crippen LogP contribution in [0.25, 0.3) is 105 Å². The smallest absolute Gasteiger partial charge is 0.0547 e. The first-order chi connectivity index (χ1) is 28.8. The molecule has 2 nitrogen and oxygen atoms in total. The van der Waals surface area contributed by atoms with Gasteiger partial charge in [-0.25, -0.2) is 0 Å². The van der Waals surface area contributed by atoms with Gasteiger partial charge in [-0.2, -0.15) is 0 Å². The Morgan fingerprint density at radius 2 is 0.897 bits per heavy atom. The molecule has 0 saturated heterocycles. The summed E-state index contributed by atoms with van der Waals surface area (Å²) in [4.78, 5) is 3.89. The number of hydrogen-bond donors (Lipinski definition) is 1. The monoisotopic (exact) mass is 738 g/mol. The van der Waals surface area contributed by atoms with Gasteiger partial charge in [0, 0.05) is 32.7 Å². The summed E-state index contributed by atoms with van der Waals surface area (Å²) in [6, 6.07) is 73.5. The molecule has 9 aromatic carbocycles. The van der Waals surface area contributed by atoms with Crippen molar-refractivity contribution in [1.29, 1.82) is 0 Å². The molecule has 58 heavy (non-hydrogen) atoms. The molecule has 1 aliphatic carbocycles. The normalized spacial score (nSPS) is 12.3. The zero-order chi connectivity index (χ0) is 38.2. The topological polar surface area (TPSA) is 20.7 Å². The molecular formula is C56H38N2. The van der Waals surface area contributed by atoms with E-state index in [1.165, 1.54) is 116 Å². The fourth-order valence-corrected chi connectivity index (χ4v) is 9.76. The van der Waals surface area contributed by atoms with Crippen molar-refractivity contribution < 1.29 is 0 Å². The molecule has 0 saturated carbocycles. The number of aryl methyl sites for hydroxylation is 2. The van der Waals surface area contributed by atoms with Gasteiger partial charge >= 0.3 is 0 Å². The lowest BCUT2D eigenvalue weighted by atomic mass is 9.83. The maximum absolute atomic E-state index is 3.89. The molecule has 0 atom stereocenters. The number of benzene rings is 9. The van der Waals surface area contributed by atoms with Gasteiger partial charge in [-0.3, -0.25) is 0 Å². The van der Waals surface area contributed by atoms with Crippen molar-refractivity contribution in [1.82, 2.24) is 9.55 Å². The molecule has 1 N–H and O–H groups in total. The summed E-state index contributed by atoms with van der Waals surface area (Å²) >= 11 is 0. The van der Waals surface area contributed by atoms with E-state index in [1.807, 2.05) is 0 Å². The van der Waals surface area contributed by atoms with Crippen LogP contribution in [0.3, 0.4) is 0 Å². The Morgan fingerprint density at radius 3 is 1.55 bits per heavy atom. The number of rotatable bonds is 5. The second kappa shape index (κ2) is 13.1. The van der Waals surface area contributed by atoms with E-state index in [0.717, 1.165) is 12.8 Å². The first kappa shape index (κ1) is 32.8. The Labute approximate surface area is 337 Å². The second-order valence-corrected chi connectivity index (χ2v) is 15.7. The highest BCUT2D eigenvalue weighted by atomic mass is 15.0. The van der Waals surface area contributed by atoms with Crippen molar-refractivity contribution in [2.75, 3.05) is 0 Å². The van der Waals surface area contributed by atoms with E-state index in [-0.39, 0.29) is 0 Å². The quantitative estimate of drug-likeness (QED) is 0.182. The molecule has 2 heteroatoms. The summed E-state index contributed by atoms with van der Waals surface area (Å²) in [7, 11) is 0. The molecule has 11 aromatic rings. The van der Waals surface area contributed by atoms with E-state index >= 15 is 0 Å². The van der Waals surface area contributed by atoms with Gasteiger partial charge in [-0.1, -0.05) is 152 Å². The standard InChI is InChI=1S/C56H38N2/c1-4-14-36(15-5-1)42-20-10-12-22-44(42)38-25-30-53-50(32-38)48-29-28-46-47(56(48)57-53)27-24-40-34-52-51-33-39(45-23-13-11-21-43(45)37-16-6-2-7-17-37)26-31-54(51)58(55(52)35-49(40)46)41-18-8-3-9-19-41/h1-23,25-26,28-35,57H,24,27H2. The highest BCUT2D eigenvalue weighted by molar-refractivity contribution is 6.14. The third-order valence-corrected chi connectivity index (χ3v) is 12.5. The number of hydrogen-bond acceptors (Lipinski definition) is 0. The van der Waals surface area contributed by atoms with Gasteiger partial charge in [0.25, 0.3) is 0 Å². The largest absolute Gasteiger partial charge is 0.354 e. The zero-order valence-corrected chi connectivity index (χ0v) is 31.9. The summed E-state index contributed by atoms with van der Waals surface area (Å²) in [6.45, 7) is 0. The van der Waals surface area contributed by atoms with Gasteiger partial charge in [0.05, 0.1) is 16.6 Å². The molecule has 272 valence electrons. The lowest BCUT2D eigenvalue weighted by Gasteiger charge is -2.21. The van der Waals surface area contributed by atoms with Crippen LogP contribution in [0.2, 0.25) is 0 Å². The average Bonchev–Trinajstić information content (AvgIpc) is 3.84. The first-order valence-corrected chi connectivity index (χ1v) is 20.3. The SMILES string of the molecule is c1ccc(-c2ccccc2-c2ccc3[nH]c4c5c(ccc4c3c2)-c2cc3c(cc2CC5)c2cc(-c4ccccc4-c4ccccc4)ccc2n3-c2ccccc2)cc1. The summed E-state index contributed by atoms with van der Waals surface area (Å²) in [5, 5.41) is 5.14. The number of aromatic amines is 1. The van der Waals surface area contributed by atoms with Crippen LogP contribution in [0.15, 0.2) is 200 Å². The minimum Gasteiger partial charge on any atom is -0.354 e. The molecule has 0 unspecified atom stereocenters. The van der Waals surface area contributed by atoms with Crippen molar-refractivity contribution in [3.8, 4) is 61.3 Å². The summed E-state index contributed by atoms with van der Waals surface area (Å²) in [6.07, 6.45) is 1.99. The minimum absolute atomic E-state index is 0.995. The van der Waals surface area contributed by atoms with E-state index in [0.29, 0.717) is 0 Å². The van der Waals surface area contributed by atoms with Crippen LogP contribution in [0.5, 0.6) is 0 Å². The number of para-hydroxylation sites is 1. The summed E-state index contributed by atoms with van der Waals surface area (Å²) in [5.41, 5.74) is 21.5. The summed E-state index contributed by atoms with van der Waals surface area (Å²) in [5.74, 6) is 0. The van der Waals surface area contributed by atoms with Crippen molar-refractivity contribution in [3.63, 3.8) is 0 Å². The molecule has 0 fully saturated rings. The minimum atomic E-state index is 0.995. The predicted octanol–water partition coefficient (Wildman–Crippen LogP) is 14.9. The first-order valence-electron chi connectivity index (χ1n) is 20.3. The molecule has 12 rings (SSSR count). The third kappa shape index (κ3) is 5.12. The molecule has 2 heterocycles. The Bertz CT molecular complexity index is 3370. The van der Waals surface area contributed by atoms with E-state index in [4.69, 9.17) is 0 Å². The van der Waals surface area contributed by atoms with Crippen molar-refractivity contribution in [2.24, 2.45) is 0 Å².